The monoisotopic (exact) mass is 273 g/mol. The lowest BCUT2D eigenvalue weighted by Gasteiger charge is -2.40. The van der Waals surface area contributed by atoms with Gasteiger partial charge in [-0.25, -0.2) is 4.98 Å². The molecule has 0 saturated carbocycles. The number of pyridine rings is 1. The molecule has 0 radical (unpaired) electrons. The van der Waals surface area contributed by atoms with Gasteiger partial charge >= 0.3 is 0 Å². The number of anilines is 1. The first-order chi connectivity index (χ1) is 9.44. The molecule has 0 bridgehead atoms. The Bertz CT molecular complexity index is 523. The number of nitriles is 1. The number of carbonyl (C=O) groups is 1. The molecule has 6 nitrogen and oxygen atoms in total. The van der Waals surface area contributed by atoms with Crippen LogP contribution in [0.3, 0.4) is 0 Å². The standard InChI is InChI=1S/C14H19N5O/c1-14(2,10-15)19-7-5-18(6-8-19)12-4-3-11(9-17-12)13(16)20/h3-4,9H,5-8H2,1-2H3,(H2,16,20). The van der Waals surface area contributed by atoms with Crippen molar-refractivity contribution < 1.29 is 4.79 Å². The minimum Gasteiger partial charge on any atom is -0.366 e. The van der Waals surface area contributed by atoms with Crippen molar-refractivity contribution in [1.82, 2.24) is 9.88 Å². The van der Waals surface area contributed by atoms with E-state index in [2.05, 4.69) is 20.9 Å². The van der Waals surface area contributed by atoms with Gasteiger partial charge in [0.1, 0.15) is 11.4 Å². The third kappa shape index (κ3) is 2.89. The van der Waals surface area contributed by atoms with Gasteiger partial charge in [0, 0.05) is 32.4 Å². The Morgan fingerprint density at radius 1 is 1.35 bits per heavy atom. The van der Waals surface area contributed by atoms with Crippen LogP contribution in [0.2, 0.25) is 0 Å². The van der Waals surface area contributed by atoms with Crippen LogP contribution >= 0.6 is 0 Å². The molecule has 0 aromatic carbocycles. The molecule has 2 rings (SSSR count). The highest BCUT2D eigenvalue weighted by molar-refractivity contribution is 5.92. The highest BCUT2D eigenvalue weighted by Gasteiger charge is 2.29. The zero-order valence-electron chi connectivity index (χ0n) is 11.8. The van der Waals surface area contributed by atoms with Crippen molar-refractivity contribution in [3.63, 3.8) is 0 Å². The smallest absolute Gasteiger partial charge is 0.250 e. The first-order valence-electron chi connectivity index (χ1n) is 6.61. The number of hydrogen-bond acceptors (Lipinski definition) is 5. The molecule has 6 heteroatoms. The highest BCUT2D eigenvalue weighted by Crippen LogP contribution is 2.19. The Balaban J connectivity index is 2.01. The number of nitrogens with zero attached hydrogens (tertiary/aromatic N) is 4. The molecular formula is C14H19N5O. The van der Waals surface area contributed by atoms with Crippen LogP contribution in [0.15, 0.2) is 18.3 Å². The first-order valence-corrected chi connectivity index (χ1v) is 6.61. The van der Waals surface area contributed by atoms with Crippen molar-refractivity contribution >= 4 is 11.7 Å². The molecule has 2 heterocycles. The van der Waals surface area contributed by atoms with Crippen LogP contribution in [0.1, 0.15) is 24.2 Å². The van der Waals surface area contributed by atoms with Crippen LogP contribution in [0.4, 0.5) is 5.82 Å². The van der Waals surface area contributed by atoms with Crippen LogP contribution in [-0.4, -0.2) is 47.5 Å². The van der Waals surface area contributed by atoms with Crippen LogP contribution in [0, 0.1) is 11.3 Å². The summed E-state index contributed by atoms with van der Waals surface area (Å²) in [4.78, 5) is 19.6. The van der Waals surface area contributed by atoms with E-state index in [0.717, 1.165) is 32.0 Å². The van der Waals surface area contributed by atoms with Gasteiger partial charge in [-0.1, -0.05) is 0 Å². The third-order valence-electron chi connectivity index (χ3n) is 3.70. The largest absolute Gasteiger partial charge is 0.366 e. The van der Waals surface area contributed by atoms with Crippen molar-refractivity contribution in [3.05, 3.63) is 23.9 Å². The summed E-state index contributed by atoms with van der Waals surface area (Å²) >= 11 is 0. The van der Waals surface area contributed by atoms with Crippen molar-refractivity contribution in [1.29, 1.82) is 5.26 Å². The van der Waals surface area contributed by atoms with Gasteiger partial charge in [-0.15, -0.1) is 0 Å². The Hall–Kier alpha value is -2.13. The average Bonchev–Trinajstić information content (AvgIpc) is 2.47. The van der Waals surface area contributed by atoms with Gasteiger partial charge in [-0.2, -0.15) is 5.26 Å². The molecule has 20 heavy (non-hydrogen) atoms. The van der Waals surface area contributed by atoms with Crippen LogP contribution in [-0.2, 0) is 0 Å². The number of piperazine rings is 1. The lowest BCUT2D eigenvalue weighted by molar-refractivity contribution is 0.1000. The highest BCUT2D eigenvalue weighted by atomic mass is 16.1. The number of hydrogen-bond donors (Lipinski definition) is 1. The van der Waals surface area contributed by atoms with Crippen LogP contribution in [0.5, 0.6) is 0 Å². The maximum atomic E-state index is 11.0. The number of nitrogens with two attached hydrogens (primary N) is 1. The van der Waals surface area contributed by atoms with E-state index < -0.39 is 11.4 Å². The zero-order valence-corrected chi connectivity index (χ0v) is 11.8. The molecule has 1 aromatic heterocycles. The van der Waals surface area contributed by atoms with Crippen LogP contribution < -0.4 is 10.6 Å². The lowest BCUT2D eigenvalue weighted by atomic mass is 10.0. The SMILES string of the molecule is CC(C)(C#N)N1CCN(c2ccc(C(N)=O)cn2)CC1. The fraction of sp³-hybridized carbons (Fsp3) is 0.500. The predicted molar refractivity (Wildman–Crippen MR) is 76.2 cm³/mol. The maximum Gasteiger partial charge on any atom is 0.250 e. The second kappa shape index (κ2) is 5.47. The summed E-state index contributed by atoms with van der Waals surface area (Å²) in [6, 6.07) is 5.83. The quantitative estimate of drug-likeness (QED) is 0.871. The molecule has 0 atom stereocenters. The molecule has 1 aliphatic rings. The number of amides is 1. The van der Waals surface area contributed by atoms with Crippen molar-refractivity contribution in [3.8, 4) is 6.07 Å². The summed E-state index contributed by atoms with van der Waals surface area (Å²) in [5.41, 5.74) is 5.17. The van der Waals surface area contributed by atoms with Gasteiger partial charge in [0.2, 0.25) is 5.91 Å². The Morgan fingerprint density at radius 3 is 2.45 bits per heavy atom. The molecule has 2 N–H and O–H groups in total. The summed E-state index contributed by atoms with van der Waals surface area (Å²) < 4.78 is 0. The molecule has 1 aliphatic heterocycles. The third-order valence-corrected chi connectivity index (χ3v) is 3.70. The van der Waals surface area contributed by atoms with Crippen LogP contribution in [0.25, 0.3) is 0 Å². The van der Waals surface area contributed by atoms with E-state index in [1.807, 2.05) is 19.9 Å². The van der Waals surface area contributed by atoms with Gasteiger partial charge in [0.15, 0.2) is 0 Å². The van der Waals surface area contributed by atoms with E-state index in [1.165, 1.54) is 6.20 Å². The summed E-state index contributed by atoms with van der Waals surface area (Å²) in [5.74, 6) is 0.369. The van der Waals surface area contributed by atoms with Crippen molar-refractivity contribution in [2.45, 2.75) is 19.4 Å². The fourth-order valence-corrected chi connectivity index (χ4v) is 2.28. The summed E-state index contributed by atoms with van der Waals surface area (Å²) in [7, 11) is 0. The van der Waals surface area contributed by atoms with Crippen molar-refractivity contribution in [2.75, 3.05) is 31.1 Å². The maximum absolute atomic E-state index is 11.0. The van der Waals surface area contributed by atoms with E-state index in [0.29, 0.717) is 5.56 Å². The van der Waals surface area contributed by atoms with E-state index in [-0.39, 0.29) is 0 Å². The fourth-order valence-electron chi connectivity index (χ4n) is 2.28. The normalized spacial score (nSPS) is 16.8. The molecule has 0 aliphatic carbocycles. The topological polar surface area (TPSA) is 86.3 Å². The first kappa shape index (κ1) is 14.3. The van der Waals surface area contributed by atoms with E-state index in [1.54, 1.807) is 6.07 Å². The van der Waals surface area contributed by atoms with Gasteiger partial charge < -0.3 is 10.6 Å². The summed E-state index contributed by atoms with van der Waals surface area (Å²) in [5, 5.41) is 9.15. The number of aromatic nitrogens is 1. The summed E-state index contributed by atoms with van der Waals surface area (Å²) in [6.07, 6.45) is 1.50. The number of primary amides is 1. The van der Waals surface area contributed by atoms with Gasteiger partial charge in [0.05, 0.1) is 11.6 Å². The average molecular weight is 273 g/mol. The number of carbonyl (C=O) groups excluding carboxylic acids is 1. The van der Waals surface area contributed by atoms with Crippen molar-refractivity contribution in [2.24, 2.45) is 5.73 Å². The Labute approximate surface area is 118 Å². The molecule has 106 valence electrons. The molecule has 1 amide bonds. The molecular weight excluding hydrogens is 254 g/mol. The second-order valence-electron chi connectivity index (χ2n) is 5.41. The molecule has 1 fully saturated rings. The van der Waals surface area contributed by atoms with Gasteiger partial charge in [0.25, 0.3) is 0 Å². The summed E-state index contributed by atoms with van der Waals surface area (Å²) in [6.45, 7) is 7.13. The molecule has 1 saturated heterocycles. The molecule has 0 unspecified atom stereocenters. The predicted octanol–water partition coefficient (Wildman–Crippen LogP) is 0.605. The van der Waals surface area contributed by atoms with E-state index in [9.17, 15) is 4.79 Å². The minimum absolute atomic E-state index is 0.415. The molecule has 1 aromatic rings. The van der Waals surface area contributed by atoms with Gasteiger partial charge in [-0.05, 0) is 26.0 Å². The Morgan fingerprint density at radius 2 is 2.00 bits per heavy atom. The number of rotatable bonds is 3. The van der Waals surface area contributed by atoms with E-state index >= 15 is 0 Å². The van der Waals surface area contributed by atoms with E-state index in [4.69, 9.17) is 11.0 Å². The zero-order chi connectivity index (χ0) is 14.8. The lowest BCUT2D eigenvalue weighted by Crippen LogP contribution is -2.54. The second-order valence-corrected chi connectivity index (χ2v) is 5.41. The minimum atomic E-state index is -0.468. The molecule has 0 spiro atoms. The Kier molecular flexibility index (Phi) is 3.91. The van der Waals surface area contributed by atoms with Gasteiger partial charge in [-0.3, -0.25) is 9.69 Å².